The Labute approximate surface area is 109 Å². The highest BCUT2D eigenvalue weighted by Crippen LogP contribution is 2.28. The van der Waals surface area contributed by atoms with Crippen molar-refractivity contribution in [3.05, 3.63) is 27.7 Å². The van der Waals surface area contributed by atoms with Crippen molar-refractivity contribution in [2.45, 2.75) is 53.0 Å². The Kier molecular flexibility index (Phi) is 5.86. The first-order chi connectivity index (χ1) is 8.04. The first kappa shape index (κ1) is 14.4. The summed E-state index contributed by atoms with van der Waals surface area (Å²) in [6, 6.07) is 0.442. The third-order valence-electron chi connectivity index (χ3n) is 2.76. The molecule has 1 aromatic rings. The predicted octanol–water partition coefficient (Wildman–Crippen LogP) is 4.16. The van der Waals surface area contributed by atoms with Crippen molar-refractivity contribution < 1.29 is 0 Å². The Balaban J connectivity index is 2.74. The number of aryl methyl sites for hydroxylation is 2. The fourth-order valence-electron chi connectivity index (χ4n) is 1.91. The third kappa shape index (κ3) is 4.60. The zero-order valence-electron chi connectivity index (χ0n) is 11.5. The van der Waals surface area contributed by atoms with Crippen LogP contribution in [0.25, 0.3) is 0 Å². The van der Waals surface area contributed by atoms with Gasteiger partial charge in [-0.25, -0.2) is 4.98 Å². The van der Waals surface area contributed by atoms with Crippen LogP contribution in [0.4, 0.5) is 0 Å². The number of nitrogens with zero attached hydrogens (tertiary/aromatic N) is 1. The average Bonchev–Trinajstić information content (AvgIpc) is 2.58. The smallest absolute Gasteiger partial charge is 0.0900 e. The Hall–Kier alpha value is -0.670. The maximum Gasteiger partial charge on any atom is 0.0900 e. The van der Waals surface area contributed by atoms with Gasteiger partial charge in [-0.3, -0.25) is 0 Å². The zero-order valence-corrected chi connectivity index (χ0v) is 12.3. The highest BCUT2D eigenvalue weighted by Gasteiger charge is 2.16. The second-order valence-electron chi connectivity index (χ2n) is 4.69. The molecule has 0 aliphatic heterocycles. The van der Waals surface area contributed by atoms with Gasteiger partial charge in [0.1, 0.15) is 0 Å². The summed E-state index contributed by atoms with van der Waals surface area (Å²) in [5.41, 5.74) is 2.44. The fraction of sp³-hybridized carbons (Fsp3) is 0.643. The van der Waals surface area contributed by atoms with Gasteiger partial charge in [0.15, 0.2) is 0 Å². The number of hydrogen-bond donors (Lipinski definition) is 1. The molecule has 96 valence electrons. The molecule has 2 nitrogen and oxygen atoms in total. The maximum atomic E-state index is 4.52. The topological polar surface area (TPSA) is 24.9 Å². The van der Waals surface area contributed by atoms with Crippen molar-refractivity contribution in [1.82, 2.24) is 10.3 Å². The van der Waals surface area contributed by atoms with Crippen LogP contribution in [-0.2, 0) is 0 Å². The summed E-state index contributed by atoms with van der Waals surface area (Å²) < 4.78 is 0. The van der Waals surface area contributed by atoms with Gasteiger partial charge in [0, 0.05) is 10.9 Å². The van der Waals surface area contributed by atoms with Crippen LogP contribution < -0.4 is 5.32 Å². The molecule has 1 unspecified atom stereocenters. The summed E-state index contributed by atoms with van der Waals surface area (Å²) >= 11 is 1.82. The Bertz CT molecular complexity index is 368. The number of thiazole rings is 1. The summed E-state index contributed by atoms with van der Waals surface area (Å²) in [5.74, 6) is 0. The van der Waals surface area contributed by atoms with Crippen LogP contribution >= 0.6 is 11.3 Å². The summed E-state index contributed by atoms with van der Waals surface area (Å²) in [5, 5.41) is 4.79. The van der Waals surface area contributed by atoms with E-state index < -0.39 is 0 Å². The lowest BCUT2D eigenvalue weighted by Crippen LogP contribution is -2.22. The van der Waals surface area contributed by atoms with E-state index in [1.54, 1.807) is 0 Å². The van der Waals surface area contributed by atoms with E-state index in [1.807, 2.05) is 11.3 Å². The SMILES string of the molecule is C=C(C)CCC(NCCC)c1sc(C)nc1C. The monoisotopic (exact) mass is 252 g/mol. The van der Waals surface area contributed by atoms with E-state index in [2.05, 4.69) is 44.6 Å². The predicted molar refractivity (Wildman–Crippen MR) is 76.7 cm³/mol. The van der Waals surface area contributed by atoms with Gasteiger partial charge in [0.2, 0.25) is 0 Å². The molecule has 17 heavy (non-hydrogen) atoms. The van der Waals surface area contributed by atoms with Crippen LogP contribution in [0.1, 0.15) is 54.7 Å². The van der Waals surface area contributed by atoms with E-state index >= 15 is 0 Å². The van der Waals surface area contributed by atoms with Crippen molar-refractivity contribution in [2.24, 2.45) is 0 Å². The largest absolute Gasteiger partial charge is 0.309 e. The van der Waals surface area contributed by atoms with Crippen LogP contribution in [0.5, 0.6) is 0 Å². The van der Waals surface area contributed by atoms with Gasteiger partial charge in [-0.15, -0.1) is 17.9 Å². The normalized spacial score (nSPS) is 12.7. The Morgan fingerprint density at radius 1 is 1.47 bits per heavy atom. The molecule has 0 aliphatic carbocycles. The summed E-state index contributed by atoms with van der Waals surface area (Å²) in [6.07, 6.45) is 3.37. The van der Waals surface area contributed by atoms with E-state index in [-0.39, 0.29) is 0 Å². The van der Waals surface area contributed by atoms with E-state index in [0.717, 1.165) is 24.4 Å². The number of rotatable bonds is 7. The number of allylic oxidation sites excluding steroid dienone is 1. The van der Waals surface area contributed by atoms with Crippen molar-refractivity contribution in [1.29, 1.82) is 0 Å². The van der Waals surface area contributed by atoms with Gasteiger partial charge < -0.3 is 5.32 Å². The summed E-state index contributed by atoms with van der Waals surface area (Å²) in [6.45, 7) is 13.5. The average molecular weight is 252 g/mol. The van der Waals surface area contributed by atoms with Crippen LogP contribution in [0.3, 0.4) is 0 Å². The molecule has 0 amide bonds. The lowest BCUT2D eigenvalue weighted by Gasteiger charge is -2.17. The molecule has 1 rings (SSSR count). The summed E-state index contributed by atoms with van der Waals surface area (Å²) in [7, 11) is 0. The van der Waals surface area contributed by atoms with E-state index in [4.69, 9.17) is 0 Å². The Morgan fingerprint density at radius 3 is 2.65 bits per heavy atom. The highest BCUT2D eigenvalue weighted by atomic mass is 32.1. The Morgan fingerprint density at radius 2 is 2.18 bits per heavy atom. The molecule has 0 fully saturated rings. The molecular weight excluding hydrogens is 228 g/mol. The number of aromatic nitrogens is 1. The minimum absolute atomic E-state index is 0.442. The quantitative estimate of drug-likeness (QED) is 0.737. The number of hydrogen-bond acceptors (Lipinski definition) is 3. The van der Waals surface area contributed by atoms with Crippen molar-refractivity contribution >= 4 is 11.3 Å². The lowest BCUT2D eigenvalue weighted by molar-refractivity contribution is 0.503. The fourth-order valence-corrected chi connectivity index (χ4v) is 2.94. The molecule has 0 aliphatic rings. The molecule has 3 heteroatoms. The molecule has 0 radical (unpaired) electrons. The standard InChI is InChI=1S/C14H24N2S/c1-6-9-15-13(8-7-10(2)3)14-11(4)16-12(5)17-14/h13,15H,2,6-9H2,1,3-5H3. The second-order valence-corrected chi connectivity index (χ2v) is 5.92. The van der Waals surface area contributed by atoms with E-state index in [1.165, 1.54) is 22.6 Å². The second kappa shape index (κ2) is 6.92. The van der Waals surface area contributed by atoms with Gasteiger partial charge in [0.05, 0.1) is 10.7 Å². The van der Waals surface area contributed by atoms with Gasteiger partial charge in [-0.1, -0.05) is 12.5 Å². The van der Waals surface area contributed by atoms with Crippen molar-refractivity contribution in [2.75, 3.05) is 6.54 Å². The van der Waals surface area contributed by atoms with Gasteiger partial charge in [-0.05, 0) is 46.6 Å². The summed E-state index contributed by atoms with van der Waals surface area (Å²) in [4.78, 5) is 5.92. The van der Waals surface area contributed by atoms with Gasteiger partial charge in [0.25, 0.3) is 0 Å². The molecule has 0 aromatic carbocycles. The first-order valence-corrected chi connectivity index (χ1v) is 7.18. The maximum absolute atomic E-state index is 4.52. The first-order valence-electron chi connectivity index (χ1n) is 6.36. The molecule has 0 saturated carbocycles. The molecule has 1 aromatic heterocycles. The van der Waals surface area contributed by atoms with Gasteiger partial charge in [-0.2, -0.15) is 0 Å². The molecular formula is C14H24N2S. The lowest BCUT2D eigenvalue weighted by atomic mass is 10.1. The van der Waals surface area contributed by atoms with Crippen molar-refractivity contribution in [3.63, 3.8) is 0 Å². The van der Waals surface area contributed by atoms with Crippen LogP contribution in [-0.4, -0.2) is 11.5 Å². The molecule has 0 bridgehead atoms. The third-order valence-corrected chi connectivity index (χ3v) is 3.94. The number of nitrogens with one attached hydrogen (secondary N) is 1. The van der Waals surface area contributed by atoms with Crippen LogP contribution in [0, 0.1) is 13.8 Å². The van der Waals surface area contributed by atoms with E-state index in [9.17, 15) is 0 Å². The minimum atomic E-state index is 0.442. The minimum Gasteiger partial charge on any atom is -0.309 e. The van der Waals surface area contributed by atoms with Crippen LogP contribution in [0.2, 0.25) is 0 Å². The molecule has 0 spiro atoms. The van der Waals surface area contributed by atoms with E-state index in [0.29, 0.717) is 6.04 Å². The molecule has 1 heterocycles. The molecule has 1 atom stereocenters. The van der Waals surface area contributed by atoms with Crippen molar-refractivity contribution in [3.8, 4) is 0 Å². The molecule has 0 saturated heterocycles. The van der Waals surface area contributed by atoms with Gasteiger partial charge >= 0.3 is 0 Å². The van der Waals surface area contributed by atoms with Crippen LogP contribution in [0.15, 0.2) is 12.2 Å². The highest BCUT2D eigenvalue weighted by molar-refractivity contribution is 7.11. The molecule has 1 N–H and O–H groups in total. The zero-order chi connectivity index (χ0) is 12.8.